The van der Waals surface area contributed by atoms with E-state index in [0.29, 0.717) is 24.2 Å². The first-order valence-corrected chi connectivity index (χ1v) is 15.0. The fraction of sp³-hybridized carbons (Fsp3) is 0.400. The lowest BCUT2D eigenvalue weighted by atomic mass is 10.0. The molecule has 11 nitrogen and oxygen atoms in total. The van der Waals surface area contributed by atoms with Crippen LogP contribution >= 0.6 is 11.6 Å². The highest BCUT2D eigenvalue weighted by Crippen LogP contribution is 2.35. The molecule has 1 unspecified atom stereocenters. The van der Waals surface area contributed by atoms with E-state index in [9.17, 15) is 23.1 Å². The Morgan fingerprint density at radius 3 is 2.67 bits per heavy atom. The average Bonchev–Trinajstić information content (AvgIpc) is 3.76. The number of aliphatic hydroxyl groups excluding tert-OH is 1. The number of amides is 1. The molecule has 2 N–H and O–H groups in total. The zero-order valence-corrected chi connectivity index (χ0v) is 25.1. The van der Waals surface area contributed by atoms with Gasteiger partial charge in [-0.25, -0.2) is 28.1 Å². The first-order valence-electron chi connectivity index (χ1n) is 14.6. The number of hydrogen-bond acceptors (Lipinski definition) is 9. The van der Waals surface area contributed by atoms with Crippen molar-refractivity contribution in [3.8, 4) is 11.3 Å². The van der Waals surface area contributed by atoms with Crippen LogP contribution < -0.4 is 10.2 Å². The standard InChI is InChI=1S/C30H31ClF3N9O2/c1-17-25(44)6-8-41(17)16-20-3-2-7-43(20)30-36-9-18(10-37-30)14-42-15-19(11-38-42)39-29(45)24-13-35-12-23(40-24)26-21(28(33)34)4-5-22(31)27(26)32/h4-5,9-13,15,17,20,25,28,44H,2-3,6-8,14,16H2,1H3,(H,39,45)/t17-,20?,25-/m0/s1. The van der Waals surface area contributed by atoms with Crippen molar-refractivity contribution >= 4 is 29.1 Å². The van der Waals surface area contributed by atoms with E-state index in [1.807, 2.05) is 0 Å². The van der Waals surface area contributed by atoms with Crippen LogP contribution in [0.2, 0.25) is 5.02 Å². The van der Waals surface area contributed by atoms with Crippen molar-refractivity contribution in [3.05, 3.63) is 77.0 Å². The van der Waals surface area contributed by atoms with Gasteiger partial charge >= 0.3 is 0 Å². The Hall–Kier alpha value is -4.14. The molecule has 0 aliphatic carbocycles. The number of likely N-dealkylation sites (tertiary alicyclic amines) is 1. The summed E-state index contributed by atoms with van der Waals surface area (Å²) < 4.78 is 43.4. The Morgan fingerprint density at radius 1 is 1.13 bits per heavy atom. The van der Waals surface area contributed by atoms with Gasteiger partial charge in [-0.05, 0) is 32.3 Å². The predicted octanol–water partition coefficient (Wildman–Crippen LogP) is 4.58. The van der Waals surface area contributed by atoms with Crippen LogP contribution in [0, 0.1) is 5.82 Å². The van der Waals surface area contributed by atoms with Gasteiger partial charge < -0.3 is 15.3 Å². The molecule has 6 rings (SSSR count). The van der Waals surface area contributed by atoms with Crippen LogP contribution in [-0.2, 0) is 6.54 Å². The van der Waals surface area contributed by atoms with Gasteiger partial charge in [0.15, 0.2) is 5.82 Å². The number of aliphatic hydroxyl groups is 1. The summed E-state index contributed by atoms with van der Waals surface area (Å²) in [6, 6.07) is 2.49. The lowest BCUT2D eigenvalue weighted by Crippen LogP contribution is -2.43. The molecule has 0 radical (unpaired) electrons. The Labute approximate surface area is 262 Å². The second-order valence-corrected chi connectivity index (χ2v) is 11.7. The monoisotopic (exact) mass is 641 g/mol. The van der Waals surface area contributed by atoms with Gasteiger partial charge in [0.1, 0.15) is 5.69 Å². The summed E-state index contributed by atoms with van der Waals surface area (Å²) in [5.74, 6) is -1.09. The van der Waals surface area contributed by atoms with Gasteiger partial charge in [-0.1, -0.05) is 17.7 Å². The summed E-state index contributed by atoms with van der Waals surface area (Å²) in [7, 11) is 0. The summed E-state index contributed by atoms with van der Waals surface area (Å²) in [4.78, 5) is 34.7. The van der Waals surface area contributed by atoms with E-state index in [1.54, 1.807) is 23.3 Å². The van der Waals surface area contributed by atoms with Crippen LogP contribution in [0.4, 0.5) is 24.8 Å². The van der Waals surface area contributed by atoms with Crippen LogP contribution in [-0.4, -0.2) is 83.5 Å². The van der Waals surface area contributed by atoms with Gasteiger partial charge in [0, 0.05) is 67.0 Å². The van der Waals surface area contributed by atoms with Gasteiger partial charge in [0.2, 0.25) is 5.95 Å². The second-order valence-electron chi connectivity index (χ2n) is 11.3. The molecule has 15 heteroatoms. The van der Waals surface area contributed by atoms with Gasteiger partial charge in [0.25, 0.3) is 12.3 Å². The number of anilines is 2. The molecule has 0 bridgehead atoms. The highest BCUT2D eigenvalue weighted by Gasteiger charge is 2.34. The van der Waals surface area contributed by atoms with E-state index in [-0.39, 0.29) is 28.6 Å². The number of carbonyl (C=O) groups is 1. The smallest absolute Gasteiger partial charge is 0.275 e. The number of halogens is 4. The molecule has 2 aliphatic heterocycles. The minimum absolute atomic E-state index is 0.150. The lowest BCUT2D eigenvalue weighted by molar-refractivity contribution is 0.102. The number of hydrogen-bond donors (Lipinski definition) is 2. The van der Waals surface area contributed by atoms with E-state index in [0.717, 1.165) is 69.0 Å². The summed E-state index contributed by atoms with van der Waals surface area (Å²) in [6.07, 6.45) is 8.44. The maximum Gasteiger partial charge on any atom is 0.275 e. The number of nitrogens with zero attached hydrogens (tertiary/aromatic N) is 8. The first kappa shape index (κ1) is 30.9. The Balaban J connectivity index is 1.09. The summed E-state index contributed by atoms with van der Waals surface area (Å²) in [5, 5.41) is 16.7. The van der Waals surface area contributed by atoms with E-state index < -0.39 is 29.3 Å². The summed E-state index contributed by atoms with van der Waals surface area (Å²) in [5.41, 5.74) is -0.417. The van der Waals surface area contributed by atoms with Crippen molar-refractivity contribution in [2.45, 2.75) is 57.3 Å². The lowest BCUT2D eigenvalue weighted by Gasteiger charge is -2.31. The summed E-state index contributed by atoms with van der Waals surface area (Å²) >= 11 is 5.81. The maximum absolute atomic E-state index is 14.7. The Morgan fingerprint density at radius 2 is 1.93 bits per heavy atom. The van der Waals surface area contributed by atoms with E-state index >= 15 is 0 Å². The van der Waals surface area contributed by atoms with Crippen molar-refractivity contribution < 1.29 is 23.1 Å². The molecule has 45 heavy (non-hydrogen) atoms. The second kappa shape index (κ2) is 13.1. The molecule has 3 atom stereocenters. The van der Waals surface area contributed by atoms with Gasteiger partial charge in [-0.3, -0.25) is 19.4 Å². The van der Waals surface area contributed by atoms with Crippen molar-refractivity contribution in [1.29, 1.82) is 0 Å². The number of aromatic nitrogens is 6. The van der Waals surface area contributed by atoms with Crippen LogP contribution in [0.1, 0.15) is 54.2 Å². The minimum atomic E-state index is -2.99. The fourth-order valence-corrected chi connectivity index (χ4v) is 6.04. The summed E-state index contributed by atoms with van der Waals surface area (Å²) in [6.45, 7) is 5.06. The van der Waals surface area contributed by atoms with Gasteiger partial charge in [0.05, 0.1) is 47.6 Å². The highest BCUT2D eigenvalue weighted by molar-refractivity contribution is 6.31. The molecule has 1 aromatic carbocycles. The number of benzene rings is 1. The van der Waals surface area contributed by atoms with E-state index in [1.165, 1.54) is 6.20 Å². The molecule has 2 saturated heterocycles. The molecule has 0 spiro atoms. The fourth-order valence-electron chi connectivity index (χ4n) is 5.88. The SMILES string of the molecule is C[C@H]1[C@@H](O)CCN1CC1CCCN1c1ncc(Cn2cc(NC(=O)c3cncc(-c4c(C(F)F)ccc(Cl)c4F)n3)cn2)cn1. The highest BCUT2D eigenvalue weighted by atomic mass is 35.5. The first-order chi connectivity index (χ1) is 21.7. The zero-order chi connectivity index (χ0) is 31.7. The molecule has 236 valence electrons. The normalized spacial score (nSPS) is 20.3. The topological polar surface area (TPSA) is 125 Å². The molecule has 4 aromatic rings. The van der Waals surface area contributed by atoms with Crippen LogP contribution in [0.3, 0.4) is 0 Å². The maximum atomic E-state index is 14.7. The largest absolute Gasteiger partial charge is 0.391 e. The number of alkyl halides is 2. The molecule has 2 aliphatic rings. The van der Waals surface area contributed by atoms with E-state index in [4.69, 9.17) is 11.6 Å². The quantitative estimate of drug-likeness (QED) is 0.270. The van der Waals surface area contributed by atoms with E-state index in [2.05, 4.69) is 47.1 Å². The average molecular weight is 642 g/mol. The number of rotatable bonds is 9. The molecular weight excluding hydrogens is 611 g/mol. The Bertz CT molecular complexity index is 1670. The third-order valence-electron chi connectivity index (χ3n) is 8.34. The molecular formula is C30H31ClF3N9O2. The van der Waals surface area contributed by atoms with Crippen molar-refractivity contribution in [2.75, 3.05) is 29.9 Å². The van der Waals surface area contributed by atoms with Crippen molar-refractivity contribution in [1.82, 2.24) is 34.6 Å². The number of carbonyl (C=O) groups excluding carboxylic acids is 1. The van der Waals surface area contributed by atoms with Crippen molar-refractivity contribution in [2.24, 2.45) is 0 Å². The van der Waals surface area contributed by atoms with Crippen molar-refractivity contribution in [3.63, 3.8) is 0 Å². The third-order valence-corrected chi connectivity index (χ3v) is 8.63. The minimum Gasteiger partial charge on any atom is -0.391 e. The van der Waals surface area contributed by atoms with Crippen LogP contribution in [0.5, 0.6) is 0 Å². The molecule has 3 aromatic heterocycles. The Kier molecular flexibility index (Phi) is 8.97. The molecule has 1 amide bonds. The number of nitrogens with one attached hydrogen (secondary N) is 1. The zero-order valence-electron chi connectivity index (χ0n) is 24.3. The molecule has 2 fully saturated rings. The molecule has 5 heterocycles. The molecule has 0 saturated carbocycles. The van der Waals surface area contributed by atoms with Crippen LogP contribution in [0.25, 0.3) is 11.3 Å². The van der Waals surface area contributed by atoms with Gasteiger partial charge in [-0.2, -0.15) is 5.10 Å². The van der Waals surface area contributed by atoms with Crippen LogP contribution in [0.15, 0.2) is 49.3 Å². The third kappa shape index (κ3) is 6.63. The predicted molar refractivity (Wildman–Crippen MR) is 161 cm³/mol. The van der Waals surface area contributed by atoms with Gasteiger partial charge in [-0.15, -0.1) is 0 Å².